The van der Waals surface area contributed by atoms with Crippen LogP contribution in [0.4, 0.5) is 11.5 Å². The SMILES string of the molecule is COc1ncc(-c2ccc3ncnc(N4CCOCC4)c3c2)cc1NS(=O)(=O)c1ccccc1. The number of aromatic nitrogens is 3. The smallest absolute Gasteiger partial charge is 0.262 e. The Labute approximate surface area is 197 Å². The van der Waals surface area contributed by atoms with Crippen molar-refractivity contribution in [1.82, 2.24) is 15.0 Å². The highest BCUT2D eigenvalue weighted by molar-refractivity contribution is 7.92. The second kappa shape index (κ2) is 9.24. The van der Waals surface area contributed by atoms with E-state index in [9.17, 15) is 8.42 Å². The molecule has 0 amide bonds. The Hall–Kier alpha value is -3.76. The van der Waals surface area contributed by atoms with Crippen LogP contribution < -0.4 is 14.4 Å². The zero-order valence-corrected chi connectivity index (χ0v) is 19.3. The van der Waals surface area contributed by atoms with Crippen molar-refractivity contribution in [2.45, 2.75) is 4.90 Å². The lowest BCUT2D eigenvalue weighted by molar-refractivity contribution is 0.122. The molecule has 2 aromatic carbocycles. The lowest BCUT2D eigenvalue weighted by atomic mass is 10.0. The summed E-state index contributed by atoms with van der Waals surface area (Å²) in [5.41, 5.74) is 2.66. The van der Waals surface area contributed by atoms with Crippen LogP contribution in [0.5, 0.6) is 5.88 Å². The number of anilines is 2. The number of fused-ring (bicyclic) bond motifs is 1. The van der Waals surface area contributed by atoms with Gasteiger partial charge in [-0.2, -0.15) is 0 Å². The van der Waals surface area contributed by atoms with Crippen molar-refractivity contribution in [3.63, 3.8) is 0 Å². The monoisotopic (exact) mass is 477 g/mol. The summed E-state index contributed by atoms with van der Waals surface area (Å²) in [4.78, 5) is 15.6. The second-order valence-corrected chi connectivity index (χ2v) is 9.41. The summed E-state index contributed by atoms with van der Waals surface area (Å²) < 4.78 is 39.2. The molecule has 1 N–H and O–H groups in total. The average Bonchev–Trinajstić information content (AvgIpc) is 2.89. The molecule has 0 radical (unpaired) electrons. The Kier molecular flexibility index (Phi) is 5.99. The Bertz CT molecular complexity index is 1420. The van der Waals surface area contributed by atoms with Crippen LogP contribution in [0.25, 0.3) is 22.0 Å². The first kappa shape index (κ1) is 22.1. The molecule has 174 valence electrons. The summed E-state index contributed by atoms with van der Waals surface area (Å²) in [5, 5.41) is 0.907. The fraction of sp³-hybridized carbons (Fsp3) is 0.208. The first-order chi connectivity index (χ1) is 16.5. The minimum Gasteiger partial charge on any atom is -0.480 e. The maximum Gasteiger partial charge on any atom is 0.262 e. The van der Waals surface area contributed by atoms with E-state index in [4.69, 9.17) is 9.47 Å². The van der Waals surface area contributed by atoms with Gasteiger partial charge in [0.1, 0.15) is 17.8 Å². The molecule has 0 bridgehead atoms. The van der Waals surface area contributed by atoms with Crippen LogP contribution in [-0.4, -0.2) is 56.8 Å². The topological polar surface area (TPSA) is 107 Å². The van der Waals surface area contributed by atoms with Gasteiger partial charge < -0.3 is 14.4 Å². The summed E-state index contributed by atoms with van der Waals surface area (Å²) in [6, 6.07) is 15.7. The molecule has 4 aromatic rings. The molecular formula is C24H23N5O4S. The maximum atomic E-state index is 12.9. The molecule has 0 spiro atoms. The van der Waals surface area contributed by atoms with Crippen LogP contribution in [0.2, 0.25) is 0 Å². The highest BCUT2D eigenvalue weighted by Crippen LogP contribution is 2.33. The van der Waals surface area contributed by atoms with E-state index in [1.807, 2.05) is 18.2 Å². The van der Waals surface area contributed by atoms with Gasteiger partial charge in [-0.3, -0.25) is 4.72 Å². The molecule has 5 rings (SSSR count). The fourth-order valence-electron chi connectivity index (χ4n) is 3.90. The van der Waals surface area contributed by atoms with E-state index in [2.05, 4.69) is 24.6 Å². The summed E-state index contributed by atoms with van der Waals surface area (Å²) in [6.07, 6.45) is 3.22. The number of benzene rings is 2. The largest absolute Gasteiger partial charge is 0.480 e. The van der Waals surface area contributed by atoms with Crippen molar-refractivity contribution < 1.29 is 17.9 Å². The maximum absolute atomic E-state index is 12.9. The van der Waals surface area contributed by atoms with Gasteiger partial charge in [-0.15, -0.1) is 0 Å². The highest BCUT2D eigenvalue weighted by atomic mass is 32.2. The molecule has 0 atom stereocenters. The Morgan fingerprint density at radius 3 is 2.53 bits per heavy atom. The predicted molar refractivity (Wildman–Crippen MR) is 130 cm³/mol. The number of morpholine rings is 1. The van der Waals surface area contributed by atoms with E-state index >= 15 is 0 Å². The van der Waals surface area contributed by atoms with Gasteiger partial charge in [-0.1, -0.05) is 24.3 Å². The number of hydrogen-bond donors (Lipinski definition) is 1. The molecule has 34 heavy (non-hydrogen) atoms. The minimum absolute atomic E-state index is 0.153. The molecule has 3 heterocycles. The third kappa shape index (κ3) is 4.37. The number of nitrogens with zero attached hydrogens (tertiary/aromatic N) is 4. The van der Waals surface area contributed by atoms with Gasteiger partial charge >= 0.3 is 0 Å². The Morgan fingerprint density at radius 1 is 0.971 bits per heavy atom. The number of rotatable bonds is 6. The number of methoxy groups -OCH3 is 1. The Balaban J connectivity index is 1.54. The number of pyridine rings is 1. The van der Waals surface area contributed by atoms with E-state index < -0.39 is 10.0 Å². The van der Waals surface area contributed by atoms with Crippen molar-refractivity contribution in [2.24, 2.45) is 0 Å². The molecule has 10 heteroatoms. The summed E-state index contributed by atoms with van der Waals surface area (Å²) >= 11 is 0. The van der Waals surface area contributed by atoms with Gasteiger partial charge in [0, 0.05) is 30.2 Å². The van der Waals surface area contributed by atoms with Gasteiger partial charge in [0.15, 0.2) is 0 Å². The number of ether oxygens (including phenoxy) is 2. The molecule has 2 aromatic heterocycles. The first-order valence-corrected chi connectivity index (χ1v) is 12.2. The van der Waals surface area contributed by atoms with Gasteiger partial charge in [-0.05, 0) is 35.9 Å². The normalized spacial score (nSPS) is 14.2. The molecule has 1 aliphatic rings. The van der Waals surface area contributed by atoms with E-state index in [0.29, 0.717) is 13.2 Å². The zero-order valence-electron chi connectivity index (χ0n) is 18.5. The molecule has 1 saturated heterocycles. The van der Waals surface area contributed by atoms with Crippen molar-refractivity contribution >= 4 is 32.4 Å². The fourth-order valence-corrected chi connectivity index (χ4v) is 4.97. The lowest BCUT2D eigenvalue weighted by Crippen LogP contribution is -2.36. The number of nitrogens with one attached hydrogen (secondary N) is 1. The zero-order chi connectivity index (χ0) is 23.5. The van der Waals surface area contributed by atoms with Crippen LogP contribution in [-0.2, 0) is 14.8 Å². The molecular weight excluding hydrogens is 454 g/mol. The van der Waals surface area contributed by atoms with E-state index in [-0.39, 0.29) is 16.5 Å². The van der Waals surface area contributed by atoms with Gasteiger partial charge in [0.2, 0.25) is 5.88 Å². The van der Waals surface area contributed by atoms with E-state index in [1.54, 1.807) is 36.8 Å². The first-order valence-electron chi connectivity index (χ1n) is 10.7. The Morgan fingerprint density at radius 2 is 1.76 bits per heavy atom. The average molecular weight is 478 g/mol. The van der Waals surface area contributed by atoms with Crippen molar-refractivity contribution in [2.75, 3.05) is 43.0 Å². The quantitative estimate of drug-likeness (QED) is 0.451. The van der Waals surface area contributed by atoms with Gasteiger partial charge in [0.25, 0.3) is 10.0 Å². The molecule has 9 nitrogen and oxygen atoms in total. The highest BCUT2D eigenvalue weighted by Gasteiger charge is 2.19. The van der Waals surface area contributed by atoms with Crippen LogP contribution in [0, 0.1) is 0 Å². The minimum atomic E-state index is -3.81. The van der Waals surface area contributed by atoms with Gasteiger partial charge in [0.05, 0.1) is 30.7 Å². The third-order valence-corrected chi connectivity index (χ3v) is 6.98. The third-order valence-electron chi connectivity index (χ3n) is 5.60. The van der Waals surface area contributed by atoms with Crippen LogP contribution in [0.3, 0.4) is 0 Å². The number of hydrogen-bond acceptors (Lipinski definition) is 8. The number of sulfonamides is 1. The van der Waals surface area contributed by atoms with Crippen LogP contribution >= 0.6 is 0 Å². The van der Waals surface area contributed by atoms with Crippen LogP contribution in [0.1, 0.15) is 0 Å². The molecule has 1 aliphatic heterocycles. The van der Waals surface area contributed by atoms with Gasteiger partial charge in [-0.25, -0.2) is 23.4 Å². The molecule has 0 aliphatic carbocycles. The lowest BCUT2D eigenvalue weighted by Gasteiger charge is -2.28. The van der Waals surface area contributed by atoms with Crippen molar-refractivity contribution in [3.8, 4) is 17.0 Å². The summed E-state index contributed by atoms with van der Waals surface area (Å²) in [5.74, 6) is 1.03. The molecule has 1 fully saturated rings. The molecule has 0 saturated carbocycles. The molecule has 0 unspecified atom stereocenters. The van der Waals surface area contributed by atoms with Crippen molar-refractivity contribution in [1.29, 1.82) is 0 Å². The van der Waals surface area contributed by atoms with Crippen molar-refractivity contribution in [3.05, 3.63) is 67.1 Å². The summed E-state index contributed by atoms with van der Waals surface area (Å²) in [6.45, 7) is 2.81. The van der Waals surface area contributed by atoms with Crippen LogP contribution in [0.15, 0.2) is 72.0 Å². The second-order valence-electron chi connectivity index (χ2n) is 7.73. The summed E-state index contributed by atoms with van der Waals surface area (Å²) in [7, 11) is -2.36. The predicted octanol–water partition coefficient (Wildman–Crippen LogP) is 3.34. The van der Waals surface area contributed by atoms with E-state index in [0.717, 1.165) is 40.9 Å². The van der Waals surface area contributed by atoms with E-state index in [1.165, 1.54) is 19.2 Å². The standard InChI is InChI=1S/C24H23N5O4S/c1-32-24-22(28-34(30,31)19-5-3-2-4-6-19)14-18(15-25-24)17-7-8-21-20(13-17)23(27-16-26-21)29-9-11-33-12-10-29/h2-8,13-16,28H,9-12H2,1H3.